The molecule has 1 unspecified atom stereocenters. The zero-order valence-corrected chi connectivity index (χ0v) is 16.2. The zero-order valence-electron chi connectivity index (χ0n) is 15.4. The third-order valence-corrected chi connectivity index (χ3v) is 4.76. The number of carboxylic acid groups (broad SMARTS) is 1. The van der Waals surface area contributed by atoms with Crippen LogP contribution in [0.3, 0.4) is 0 Å². The Morgan fingerprint density at radius 1 is 1.27 bits per heavy atom. The Kier molecular flexibility index (Phi) is 7.72. The monoisotopic (exact) mass is 381 g/mol. The van der Waals surface area contributed by atoms with Gasteiger partial charge in [-0.05, 0) is 30.0 Å². The third kappa shape index (κ3) is 6.50. The molecule has 0 aliphatic carbocycles. The standard InChI is InChI=1S/C19H28ClN3O3/c1-14(2)11-17-13-22(12-15-3-5-16(20)6-4-15)9-10-23(17)19(26)21-8-7-18(24)25/h3-6,14,17H,7-13H2,1-2H3,(H,21,26)(H,24,25). The molecular weight excluding hydrogens is 354 g/mol. The van der Waals surface area contributed by atoms with Crippen molar-refractivity contribution in [1.82, 2.24) is 15.1 Å². The van der Waals surface area contributed by atoms with Gasteiger partial charge in [-0.25, -0.2) is 4.79 Å². The molecule has 0 aromatic heterocycles. The molecule has 0 radical (unpaired) electrons. The van der Waals surface area contributed by atoms with Gasteiger partial charge >= 0.3 is 12.0 Å². The molecule has 1 atom stereocenters. The lowest BCUT2D eigenvalue weighted by atomic mass is 10.00. The Morgan fingerprint density at radius 2 is 1.96 bits per heavy atom. The van der Waals surface area contributed by atoms with Crippen molar-refractivity contribution < 1.29 is 14.7 Å². The number of piperazine rings is 1. The molecule has 0 saturated carbocycles. The number of halogens is 1. The van der Waals surface area contributed by atoms with Gasteiger partial charge in [-0.2, -0.15) is 0 Å². The van der Waals surface area contributed by atoms with Crippen molar-refractivity contribution in [2.75, 3.05) is 26.2 Å². The SMILES string of the molecule is CC(C)CC1CN(Cc2ccc(Cl)cc2)CCN1C(=O)NCCC(=O)O. The van der Waals surface area contributed by atoms with E-state index in [-0.39, 0.29) is 25.0 Å². The minimum atomic E-state index is -0.906. The molecule has 6 nitrogen and oxygen atoms in total. The topological polar surface area (TPSA) is 72.9 Å². The summed E-state index contributed by atoms with van der Waals surface area (Å²) in [5, 5.41) is 12.2. The average molecular weight is 382 g/mol. The molecular formula is C19H28ClN3O3. The van der Waals surface area contributed by atoms with Gasteiger partial charge in [0.25, 0.3) is 0 Å². The second kappa shape index (κ2) is 9.78. The maximum absolute atomic E-state index is 12.5. The van der Waals surface area contributed by atoms with Gasteiger partial charge < -0.3 is 15.3 Å². The van der Waals surface area contributed by atoms with Gasteiger partial charge in [0.05, 0.1) is 6.42 Å². The lowest BCUT2D eigenvalue weighted by Gasteiger charge is -2.42. The second-order valence-electron chi connectivity index (χ2n) is 7.21. The Balaban J connectivity index is 1.95. The highest BCUT2D eigenvalue weighted by Crippen LogP contribution is 2.20. The van der Waals surface area contributed by atoms with Gasteiger partial charge in [-0.1, -0.05) is 37.6 Å². The van der Waals surface area contributed by atoms with E-state index in [2.05, 4.69) is 24.1 Å². The first-order valence-corrected chi connectivity index (χ1v) is 9.46. The van der Waals surface area contributed by atoms with E-state index in [0.717, 1.165) is 31.1 Å². The largest absolute Gasteiger partial charge is 0.481 e. The van der Waals surface area contributed by atoms with Gasteiger partial charge in [-0.3, -0.25) is 9.69 Å². The van der Waals surface area contributed by atoms with Crippen molar-refractivity contribution in [3.05, 3.63) is 34.9 Å². The normalized spacial score (nSPS) is 18.2. The number of carbonyl (C=O) groups excluding carboxylic acids is 1. The van der Waals surface area contributed by atoms with Crippen molar-refractivity contribution in [1.29, 1.82) is 0 Å². The minimum absolute atomic E-state index is 0.0584. The number of carboxylic acids is 1. The predicted molar refractivity (Wildman–Crippen MR) is 102 cm³/mol. The molecule has 1 aliphatic heterocycles. The fourth-order valence-electron chi connectivity index (χ4n) is 3.30. The molecule has 1 heterocycles. The van der Waals surface area contributed by atoms with Crippen LogP contribution < -0.4 is 5.32 Å². The summed E-state index contributed by atoms with van der Waals surface area (Å²) in [5.74, 6) is -0.429. The molecule has 1 aromatic rings. The van der Waals surface area contributed by atoms with Crippen LogP contribution in [-0.2, 0) is 11.3 Å². The number of urea groups is 1. The Bertz CT molecular complexity index is 607. The number of nitrogens with one attached hydrogen (secondary N) is 1. The van der Waals surface area contributed by atoms with E-state index in [1.165, 1.54) is 5.56 Å². The fourth-order valence-corrected chi connectivity index (χ4v) is 3.43. The van der Waals surface area contributed by atoms with Crippen molar-refractivity contribution in [3.8, 4) is 0 Å². The van der Waals surface area contributed by atoms with Gasteiger partial charge in [0.1, 0.15) is 0 Å². The van der Waals surface area contributed by atoms with Gasteiger partial charge in [0, 0.05) is 43.8 Å². The third-order valence-electron chi connectivity index (χ3n) is 4.51. The number of hydrogen-bond acceptors (Lipinski definition) is 3. The number of benzene rings is 1. The predicted octanol–water partition coefficient (Wildman–Crippen LogP) is 3.06. The van der Waals surface area contributed by atoms with Crippen LogP contribution in [0.15, 0.2) is 24.3 Å². The number of hydrogen-bond donors (Lipinski definition) is 2. The van der Waals surface area contributed by atoms with Crippen LogP contribution in [0, 0.1) is 5.92 Å². The van der Waals surface area contributed by atoms with E-state index in [4.69, 9.17) is 16.7 Å². The molecule has 2 amide bonds. The number of rotatable bonds is 7. The lowest BCUT2D eigenvalue weighted by molar-refractivity contribution is -0.136. The highest BCUT2D eigenvalue weighted by Gasteiger charge is 2.30. The summed E-state index contributed by atoms with van der Waals surface area (Å²) in [6.07, 6.45) is 0.862. The van der Waals surface area contributed by atoms with Crippen LogP contribution in [-0.4, -0.2) is 59.1 Å². The van der Waals surface area contributed by atoms with E-state index in [1.807, 2.05) is 29.2 Å². The smallest absolute Gasteiger partial charge is 0.317 e. The van der Waals surface area contributed by atoms with Gasteiger partial charge in [0.15, 0.2) is 0 Å². The number of aliphatic carboxylic acids is 1. The van der Waals surface area contributed by atoms with Crippen LogP contribution in [0.5, 0.6) is 0 Å². The molecule has 144 valence electrons. The Hall–Kier alpha value is -1.79. The summed E-state index contributed by atoms with van der Waals surface area (Å²) < 4.78 is 0. The highest BCUT2D eigenvalue weighted by atomic mass is 35.5. The van der Waals surface area contributed by atoms with E-state index in [0.29, 0.717) is 12.5 Å². The molecule has 7 heteroatoms. The first-order valence-electron chi connectivity index (χ1n) is 9.08. The Morgan fingerprint density at radius 3 is 2.58 bits per heavy atom. The molecule has 1 aliphatic rings. The molecule has 0 bridgehead atoms. The first kappa shape index (κ1) is 20.5. The maximum Gasteiger partial charge on any atom is 0.317 e. The van der Waals surface area contributed by atoms with Crippen LogP contribution in [0.1, 0.15) is 32.3 Å². The minimum Gasteiger partial charge on any atom is -0.481 e. The van der Waals surface area contributed by atoms with Crippen LogP contribution in [0.2, 0.25) is 5.02 Å². The summed E-state index contributed by atoms with van der Waals surface area (Å²) >= 11 is 5.95. The summed E-state index contributed by atoms with van der Waals surface area (Å²) in [4.78, 5) is 27.3. The van der Waals surface area contributed by atoms with E-state index < -0.39 is 5.97 Å². The van der Waals surface area contributed by atoms with E-state index in [9.17, 15) is 9.59 Å². The van der Waals surface area contributed by atoms with Crippen molar-refractivity contribution in [3.63, 3.8) is 0 Å². The quantitative estimate of drug-likeness (QED) is 0.761. The molecule has 0 spiro atoms. The van der Waals surface area contributed by atoms with Crippen molar-refractivity contribution in [2.45, 2.75) is 39.3 Å². The summed E-state index contributed by atoms with van der Waals surface area (Å²) in [5.41, 5.74) is 1.21. The molecule has 2 rings (SSSR count). The summed E-state index contributed by atoms with van der Waals surface area (Å²) in [7, 11) is 0. The van der Waals surface area contributed by atoms with Gasteiger partial charge in [-0.15, -0.1) is 0 Å². The van der Waals surface area contributed by atoms with Crippen molar-refractivity contribution in [2.24, 2.45) is 5.92 Å². The number of carbonyl (C=O) groups is 2. The lowest BCUT2D eigenvalue weighted by Crippen LogP contribution is -2.57. The molecule has 1 aromatic carbocycles. The highest BCUT2D eigenvalue weighted by molar-refractivity contribution is 6.30. The molecule has 2 N–H and O–H groups in total. The Labute approximate surface area is 160 Å². The van der Waals surface area contributed by atoms with Crippen LogP contribution >= 0.6 is 11.6 Å². The number of nitrogens with zero attached hydrogens (tertiary/aromatic N) is 2. The van der Waals surface area contributed by atoms with Crippen molar-refractivity contribution >= 4 is 23.6 Å². The average Bonchev–Trinajstić information content (AvgIpc) is 2.56. The summed E-state index contributed by atoms with van der Waals surface area (Å²) in [6, 6.07) is 7.82. The fraction of sp³-hybridized carbons (Fsp3) is 0.579. The maximum atomic E-state index is 12.5. The van der Waals surface area contributed by atoms with E-state index >= 15 is 0 Å². The number of amides is 2. The zero-order chi connectivity index (χ0) is 19.1. The summed E-state index contributed by atoms with van der Waals surface area (Å²) in [6.45, 7) is 7.55. The molecule has 1 fully saturated rings. The van der Waals surface area contributed by atoms with Crippen LogP contribution in [0.4, 0.5) is 4.79 Å². The van der Waals surface area contributed by atoms with Gasteiger partial charge in [0.2, 0.25) is 0 Å². The first-order chi connectivity index (χ1) is 12.3. The second-order valence-corrected chi connectivity index (χ2v) is 7.65. The molecule has 26 heavy (non-hydrogen) atoms. The van der Waals surface area contributed by atoms with Crippen LogP contribution in [0.25, 0.3) is 0 Å². The molecule has 1 saturated heterocycles. The van der Waals surface area contributed by atoms with E-state index in [1.54, 1.807) is 0 Å².